The van der Waals surface area contributed by atoms with Crippen molar-refractivity contribution in [2.75, 3.05) is 0 Å². The summed E-state index contributed by atoms with van der Waals surface area (Å²) < 4.78 is 31.9. The van der Waals surface area contributed by atoms with Crippen LogP contribution in [-0.4, -0.2) is 32.1 Å². The number of halogens is 2. The molecule has 32 heavy (non-hydrogen) atoms. The van der Waals surface area contributed by atoms with Gasteiger partial charge in [0.1, 0.15) is 17.3 Å². The van der Waals surface area contributed by atoms with E-state index in [1.54, 1.807) is 17.8 Å². The Balaban J connectivity index is 1.63. The summed E-state index contributed by atoms with van der Waals surface area (Å²) in [5.41, 5.74) is 4.62. The molecule has 2 heterocycles. The first kappa shape index (κ1) is 22.4. The highest BCUT2D eigenvalue weighted by atomic mass is 19.1. The van der Waals surface area contributed by atoms with Crippen LogP contribution in [0.4, 0.5) is 8.78 Å². The topological polar surface area (TPSA) is 58.5 Å². The monoisotopic (exact) mass is 439 g/mol. The van der Waals surface area contributed by atoms with Gasteiger partial charge in [0.05, 0.1) is 6.20 Å². The predicted octanol–water partition coefficient (Wildman–Crippen LogP) is 5.46. The zero-order valence-corrected chi connectivity index (χ0v) is 19.3. The summed E-state index contributed by atoms with van der Waals surface area (Å²) >= 11 is 0. The number of benzene rings is 1. The molecule has 0 aliphatic heterocycles. The quantitative estimate of drug-likeness (QED) is 0.514. The molecule has 1 saturated carbocycles. The van der Waals surface area contributed by atoms with Crippen molar-refractivity contribution in [1.29, 1.82) is 0 Å². The lowest BCUT2D eigenvalue weighted by Gasteiger charge is -2.37. The summed E-state index contributed by atoms with van der Waals surface area (Å²) in [5.74, 6) is -0.830. The van der Waals surface area contributed by atoms with Crippen LogP contribution >= 0.6 is 0 Å². The molecule has 0 atom stereocenters. The lowest BCUT2D eigenvalue weighted by molar-refractivity contribution is 0.274. The SMILES string of the molecule is CCc1[nH]nc(-c2cnn(C)c2)c1/C=C(\C)c1c(F)cc(C2CC(NC(C)C)C2)cc1F. The Bertz CT molecular complexity index is 1110. The number of hydrogen-bond acceptors (Lipinski definition) is 3. The highest BCUT2D eigenvalue weighted by Crippen LogP contribution is 2.39. The minimum Gasteiger partial charge on any atom is -0.312 e. The Kier molecular flexibility index (Phi) is 6.29. The fourth-order valence-corrected chi connectivity index (χ4v) is 4.57. The molecule has 0 unspecified atom stereocenters. The normalized spacial score (nSPS) is 18.9. The van der Waals surface area contributed by atoms with E-state index < -0.39 is 11.6 Å². The number of aromatic nitrogens is 4. The molecule has 1 aliphatic carbocycles. The molecule has 1 fully saturated rings. The number of aromatic amines is 1. The lowest BCUT2D eigenvalue weighted by atomic mass is 9.75. The Hall–Kier alpha value is -2.80. The molecule has 1 aliphatic rings. The van der Waals surface area contributed by atoms with Crippen molar-refractivity contribution < 1.29 is 8.78 Å². The number of allylic oxidation sites excluding steroid dienone is 1. The third kappa shape index (κ3) is 4.39. The molecule has 3 aromatic rings. The maximum Gasteiger partial charge on any atom is 0.133 e. The van der Waals surface area contributed by atoms with Crippen molar-refractivity contribution in [2.24, 2.45) is 7.05 Å². The second kappa shape index (κ2) is 8.98. The van der Waals surface area contributed by atoms with Crippen LogP contribution in [0.3, 0.4) is 0 Å². The van der Waals surface area contributed by atoms with Gasteiger partial charge in [0.15, 0.2) is 0 Å². The van der Waals surface area contributed by atoms with E-state index in [0.717, 1.165) is 47.3 Å². The van der Waals surface area contributed by atoms with Gasteiger partial charge < -0.3 is 5.32 Å². The largest absolute Gasteiger partial charge is 0.312 e. The lowest BCUT2D eigenvalue weighted by Crippen LogP contribution is -2.43. The number of aryl methyl sites for hydroxylation is 2. The van der Waals surface area contributed by atoms with Gasteiger partial charge >= 0.3 is 0 Å². The van der Waals surface area contributed by atoms with E-state index in [9.17, 15) is 0 Å². The molecule has 0 amide bonds. The molecule has 7 heteroatoms. The number of nitrogens with one attached hydrogen (secondary N) is 2. The van der Waals surface area contributed by atoms with Crippen LogP contribution in [0.25, 0.3) is 22.9 Å². The van der Waals surface area contributed by atoms with Gasteiger partial charge in [-0.1, -0.05) is 20.8 Å². The van der Waals surface area contributed by atoms with Gasteiger partial charge in [0.25, 0.3) is 0 Å². The molecule has 0 bridgehead atoms. The molecule has 170 valence electrons. The standard InChI is InChI=1S/C25H31F2N5/c1-6-23-20(25(31-30-23)18-12-28-32(5)13-18)7-15(4)24-21(26)10-17(11-22(24)27)16-8-19(9-16)29-14(2)3/h7,10-14,16,19,29H,6,8-9H2,1-5H3,(H,30,31)/b15-7+. The zero-order chi connectivity index (χ0) is 23.0. The summed E-state index contributed by atoms with van der Waals surface area (Å²) in [4.78, 5) is 0. The average Bonchev–Trinajstić information content (AvgIpc) is 3.29. The van der Waals surface area contributed by atoms with Crippen molar-refractivity contribution in [2.45, 2.75) is 65.0 Å². The average molecular weight is 440 g/mol. The molecule has 1 aromatic carbocycles. The maximum absolute atomic E-state index is 15.1. The molecule has 5 nitrogen and oxygen atoms in total. The minimum absolute atomic E-state index is 0.0188. The van der Waals surface area contributed by atoms with Gasteiger partial charge in [0, 0.05) is 47.7 Å². The van der Waals surface area contributed by atoms with Crippen molar-refractivity contribution in [3.63, 3.8) is 0 Å². The maximum atomic E-state index is 15.1. The van der Waals surface area contributed by atoms with Gasteiger partial charge in [-0.3, -0.25) is 9.78 Å². The van der Waals surface area contributed by atoms with E-state index in [2.05, 4.69) is 34.5 Å². The van der Waals surface area contributed by atoms with Crippen LogP contribution in [-0.2, 0) is 13.5 Å². The second-order valence-corrected chi connectivity index (χ2v) is 9.09. The zero-order valence-electron chi connectivity index (χ0n) is 19.3. The highest BCUT2D eigenvalue weighted by molar-refractivity contribution is 5.86. The molecule has 0 radical (unpaired) electrons. The Morgan fingerprint density at radius 2 is 1.97 bits per heavy atom. The Morgan fingerprint density at radius 3 is 2.53 bits per heavy atom. The van der Waals surface area contributed by atoms with Crippen LogP contribution in [0, 0.1) is 11.6 Å². The number of rotatable bonds is 7. The summed E-state index contributed by atoms with van der Waals surface area (Å²) in [6.45, 7) is 7.98. The minimum atomic E-state index is -0.515. The van der Waals surface area contributed by atoms with Crippen LogP contribution in [0.15, 0.2) is 24.5 Å². The number of H-pyrrole nitrogens is 1. The van der Waals surface area contributed by atoms with E-state index in [-0.39, 0.29) is 11.5 Å². The number of hydrogen-bond donors (Lipinski definition) is 2. The van der Waals surface area contributed by atoms with Gasteiger partial charge in [0.2, 0.25) is 0 Å². The smallest absolute Gasteiger partial charge is 0.133 e. The van der Waals surface area contributed by atoms with E-state index in [1.807, 2.05) is 26.2 Å². The Labute approximate surface area is 187 Å². The van der Waals surface area contributed by atoms with Gasteiger partial charge in [-0.2, -0.15) is 10.2 Å². The van der Waals surface area contributed by atoms with E-state index in [1.165, 1.54) is 12.1 Å². The Morgan fingerprint density at radius 1 is 1.28 bits per heavy atom. The van der Waals surface area contributed by atoms with Gasteiger partial charge in [-0.25, -0.2) is 8.78 Å². The van der Waals surface area contributed by atoms with E-state index >= 15 is 8.78 Å². The first-order valence-corrected chi connectivity index (χ1v) is 11.3. The molecular weight excluding hydrogens is 408 g/mol. The van der Waals surface area contributed by atoms with Crippen LogP contribution < -0.4 is 5.32 Å². The van der Waals surface area contributed by atoms with Crippen LogP contribution in [0.5, 0.6) is 0 Å². The predicted molar refractivity (Wildman–Crippen MR) is 124 cm³/mol. The van der Waals surface area contributed by atoms with Crippen molar-refractivity contribution in [3.05, 3.63) is 58.5 Å². The summed E-state index contributed by atoms with van der Waals surface area (Å²) in [5, 5.41) is 15.2. The summed E-state index contributed by atoms with van der Waals surface area (Å²) in [7, 11) is 1.84. The molecular formula is C25H31F2N5. The molecule has 2 N–H and O–H groups in total. The van der Waals surface area contributed by atoms with E-state index in [0.29, 0.717) is 17.7 Å². The first-order chi connectivity index (χ1) is 15.3. The van der Waals surface area contributed by atoms with Crippen LogP contribution in [0.2, 0.25) is 0 Å². The van der Waals surface area contributed by atoms with Crippen molar-refractivity contribution in [1.82, 2.24) is 25.3 Å². The fourth-order valence-electron chi connectivity index (χ4n) is 4.57. The van der Waals surface area contributed by atoms with Crippen molar-refractivity contribution in [3.8, 4) is 11.3 Å². The van der Waals surface area contributed by atoms with Gasteiger partial charge in [-0.15, -0.1) is 0 Å². The molecule has 0 spiro atoms. The summed E-state index contributed by atoms with van der Waals surface area (Å²) in [6.07, 6.45) is 7.97. The number of nitrogens with zero attached hydrogens (tertiary/aromatic N) is 3. The highest BCUT2D eigenvalue weighted by Gasteiger charge is 2.31. The molecule has 0 saturated heterocycles. The first-order valence-electron chi connectivity index (χ1n) is 11.3. The van der Waals surface area contributed by atoms with Gasteiger partial charge in [-0.05, 0) is 61.4 Å². The van der Waals surface area contributed by atoms with E-state index in [4.69, 9.17) is 0 Å². The second-order valence-electron chi connectivity index (χ2n) is 9.09. The molecule has 4 rings (SSSR count). The third-order valence-corrected chi connectivity index (χ3v) is 6.21. The fraction of sp³-hybridized carbons (Fsp3) is 0.440. The van der Waals surface area contributed by atoms with Crippen molar-refractivity contribution >= 4 is 11.6 Å². The summed E-state index contributed by atoms with van der Waals surface area (Å²) in [6, 6.07) is 3.85. The molecule has 2 aromatic heterocycles. The third-order valence-electron chi connectivity index (χ3n) is 6.21. The van der Waals surface area contributed by atoms with Crippen LogP contribution in [0.1, 0.15) is 68.8 Å².